The Bertz CT molecular complexity index is 1130. The van der Waals surface area contributed by atoms with Crippen LogP contribution in [0.15, 0.2) is 78.9 Å². The van der Waals surface area contributed by atoms with Crippen LogP contribution in [0, 0.1) is 11.8 Å². The van der Waals surface area contributed by atoms with E-state index in [9.17, 15) is 9.59 Å². The Morgan fingerprint density at radius 3 is 2.20 bits per heavy atom. The second-order valence-electron chi connectivity index (χ2n) is 7.97. The third-order valence-electron chi connectivity index (χ3n) is 5.29. The van der Waals surface area contributed by atoms with Crippen LogP contribution in [-0.4, -0.2) is 25.2 Å². The predicted octanol–water partition coefficient (Wildman–Crippen LogP) is 5.91. The molecule has 0 atom stereocenters. The van der Waals surface area contributed by atoms with Crippen molar-refractivity contribution >= 4 is 12.1 Å². The number of esters is 1. The van der Waals surface area contributed by atoms with Gasteiger partial charge in [-0.05, 0) is 54.2 Å². The molecule has 1 N–H and O–H groups in total. The first-order chi connectivity index (χ1) is 17.1. The summed E-state index contributed by atoms with van der Waals surface area (Å²) in [6.45, 7) is 3.02. The first-order valence-electron chi connectivity index (χ1n) is 11.9. The van der Waals surface area contributed by atoms with Gasteiger partial charge in [0.15, 0.2) is 0 Å². The zero-order valence-corrected chi connectivity index (χ0v) is 20.1. The maximum atomic E-state index is 11.7. The minimum atomic E-state index is -0.413. The van der Waals surface area contributed by atoms with E-state index in [4.69, 9.17) is 9.47 Å². The SMILES string of the molecule is CCOC(=O)CCc1ccc(-c2ccc(C#CCCCNC(=O)OCc3ccccc3)cc2)cc1. The van der Waals surface area contributed by atoms with Crippen molar-refractivity contribution in [2.45, 2.75) is 39.2 Å². The molecule has 1 amide bonds. The largest absolute Gasteiger partial charge is 0.466 e. The first-order valence-corrected chi connectivity index (χ1v) is 11.9. The van der Waals surface area contributed by atoms with E-state index < -0.39 is 6.09 Å². The van der Waals surface area contributed by atoms with Gasteiger partial charge in [-0.2, -0.15) is 0 Å². The Morgan fingerprint density at radius 2 is 1.51 bits per heavy atom. The zero-order valence-electron chi connectivity index (χ0n) is 20.1. The molecule has 5 nitrogen and oxygen atoms in total. The Morgan fingerprint density at radius 1 is 0.829 bits per heavy atom. The molecule has 3 rings (SSSR count). The van der Waals surface area contributed by atoms with E-state index in [2.05, 4.69) is 41.4 Å². The van der Waals surface area contributed by atoms with E-state index in [0.29, 0.717) is 32.4 Å². The van der Waals surface area contributed by atoms with Crippen LogP contribution >= 0.6 is 0 Å². The van der Waals surface area contributed by atoms with E-state index in [1.807, 2.05) is 61.5 Å². The normalized spacial score (nSPS) is 10.1. The lowest BCUT2D eigenvalue weighted by Gasteiger charge is -2.06. The molecule has 3 aromatic carbocycles. The number of alkyl carbamates (subject to hydrolysis) is 1. The molecule has 180 valence electrons. The van der Waals surface area contributed by atoms with Gasteiger partial charge >= 0.3 is 12.1 Å². The quantitative estimate of drug-likeness (QED) is 0.228. The topological polar surface area (TPSA) is 64.6 Å². The molecule has 0 bridgehead atoms. The average molecular weight is 470 g/mol. The number of nitrogens with one attached hydrogen (secondary N) is 1. The lowest BCUT2D eigenvalue weighted by atomic mass is 10.0. The van der Waals surface area contributed by atoms with Crippen LogP contribution in [0.1, 0.15) is 42.9 Å². The van der Waals surface area contributed by atoms with Gasteiger partial charge < -0.3 is 14.8 Å². The monoisotopic (exact) mass is 469 g/mol. The van der Waals surface area contributed by atoms with Crippen LogP contribution in [0.4, 0.5) is 4.79 Å². The van der Waals surface area contributed by atoms with E-state index in [0.717, 1.165) is 34.2 Å². The molecule has 0 saturated carbocycles. The molecule has 3 aromatic rings. The van der Waals surface area contributed by atoms with Crippen LogP contribution in [0.25, 0.3) is 11.1 Å². The summed E-state index contributed by atoms with van der Waals surface area (Å²) < 4.78 is 10.2. The number of amides is 1. The molecule has 0 unspecified atom stereocenters. The van der Waals surface area contributed by atoms with Crippen molar-refractivity contribution in [3.05, 3.63) is 95.6 Å². The average Bonchev–Trinajstić information content (AvgIpc) is 2.90. The molecule has 0 radical (unpaired) electrons. The van der Waals surface area contributed by atoms with Crippen LogP contribution in [0.5, 0.6) is 0 Å². The number of carbonyl (C=O) groups is 2. The second kappa shape index (κ2) is 14.3. The molecule has 0 aliphatic heterocycles. The molecule has 0 heterocycles. The summed E-state index contributed by atoms with van der Waals surface area (Å²) in [5.41, 5.74) is 5.26. The van der Waals surface area contributed by atoms with Crippen LogP contribution in [-0.2, 0) is 27.3 Å². The maximum Gasteiger partial charge on any atom is 0.407 e. The van der Waals surface area contributed by atoms with Crippen molar-refractivity contribution in [3.8, 4) is 23.0 Å². The fourth-order valence-corrected chi connectivity index (χ4v) is 3.40. The lowest BCUT2D eigenvalue weighted by Crippen LogP contribution is -2.25. The van der Waals surface area contributed by atoms with Gasteiger partial charge in [0.1, 0.15) is 6.61 Å². The van der Waals surface area contributed by atoms with Crippen molar-refractivity contribution in [1.29, 1.82) is 0 Å². The maximum absolute atomic E-state index is 11.7. The first kappa shape index (κ1) is 25.6. The number of aryl methyl sites for hydroxylation is 1. The number of ether oxygens (including phenoxy) is 2. The molecule has 35 heavy (non-hydrogen) atoms. The molecule has 0 saturated heterocycles. The van der Waals surface area contributed by atoms with Crippen molar-refractivity contribution < 1.29 is 19.1 Å². The van der Waals surface area contributed by atoms with Gasteiger partial charge in [0.05, 0.1) is 6.61 Å². The minimum absolute atomic E-state index is 0.161. The Hall–Kier alpha value is -4.04. The third-order valence-corrected chi connectivity index (χ3v) is 5.29. The summed E-state index contributed by atoms with van der Waals surface area (Å²) in [7, 11) is 0. The van der Waals surface area contributed by atoms with Gasteiger partial charge in [-0.25, -0.2) is 4.79 Å². The van der Waals surface area contributed by atoms with Gasteiger partial charge in [-0.3, -0.25) is 4.79 Å². The zero-order chi connectivity index (χ0) is 24.7. The smallest absolute Gasteiger partial charge is 0.407 e. The van der Waals surface area contributed by atoms with Crippen LogP contribution < -0.4 is 5.32 Å². The van der Waals surface area contributed by atoms with Gasteiger partial charge in [-0.1, -0.05) is 78.6 Å². The summed E-state index contributed by atoms with van der Waals surface area (Å²) in [6, 6.07) is 26.0. The van der Waals surface area contributed by atoms with E-state index in [1.165, 1.54) is 0 Å². The highest BCUT2D eigenvalue weighted by Gasteiger charge is 2.04. The molecular weight excluding hydrogens is 438 g/mol. The Labute approximate surface area is 207 Å². The number of hydrogen-bond acceptors (Lipinski definition) is 4. The van der Waals surface area contributed by atoms with Crippen molar-refractivity contribution in [1.82, 2.24) is 5.32 Å². The van der Waals surface area contributed by atoms with Gasteiger partial charge in [0.25, 0.3) is 0 Å². The summed E-state index contributed by atoms with van der Waals surface area (Å²) in [6.07, 6.45) is 2.11. The van der Waals surface area contributed by atoms with Gasteiger partial charge in [0, 0.05) is 24.9 Å². The molecule has 0 aromatic heterocycles. The highest BCUT2D eigenvalue weighted by molar-refractivity contribution is 5.70. The Kier molecular flexibility index (Phi) is 10.4. The third kappa shape index (κ3) is 9.38. The van der Waals surface area contributed by atoms with Crippen LogP contribution in [0.3, 0.4) is 0 Å². The van der Waals surface area contributed by atoms with Crippen molar-refractivity contribution in [3.63, 3.8) is 0 Å². The molecule has 0 aliphatic rings. The summed E-state index contributed by atoms with van der Waals surface area (Å²) in [5, 5.41) is 2.75. The summed E-state index contributed by atoms with van der Waals surface area (Å²) in [4.78, 5) is 23.2. The van der Waals surface area contributed by atoms with E-state index >= 15 is 0 Å². The van der Waals surface area contributed by atoms with E-state index in [-0.39, 0.29) is 12.6 Å². The summed E-state index contributed by atoms with van der Waals surface area (Å²) in [5.74, 6) is 6.16. The van der Waals surface area contributed by atoms with Gasteiger partial charge in [0.2, 0.25) is 0 Å². The molecule has 0 spiro atoms. The van der Waals surface area contributed by atoms with Crippen molar-refractivity contribution in [2.24, 2.45) is 0 Å². The fraction of sp³-hybridized carbons (Fsp3) is 0.267. The number of hydrogen-bond donors (Lipinski definition) is 1. The lowest BCUT2D eigenvalue weighted by molar-refractivity contribution is -0.143. The molecular formula is C30H31NO4. The molecule has 0 aliphatic carbocycles. The number of rotatable bonds is 10. The number of unbranched alkanes of at least 4 members (excludes halogenated alkanes) is 1. The van der Waals surface area contributed by atoms with Crippen LogP contribution in [0.2, 0.25) is 0 Å². The minimum Gasteiger partial charge on any atom is -0.466 e. The fourth-order valence-electron chi connectivity index (χ4n) is 3.40. The highest BCUT2D eigenvalue weighted by Crippen LogP contribution is 2.21. The predicted molar refractivity (Wildman–Crippen MR) is 138 cm³/mol. The second-order valence-corrected chi connectivity index (χ2v) is 7.97. The number of carbonyl (C=O) groups excluding carboxylic acids is 2. The van der Waals surface area contributed by atoms with Crippen molar-refractivity contribution in [2.75, 3.05) is 13.2 Å². The number of benzene rings is 3. The Balaban J connectivity index is 1.36. The summed E-state index contributed by atoms with van der Waals surface area (Å²) >= 11 is 0. The standard InChI is InChI=1S/C30H31NO4/c1-2-34-29(32)21-16-25-14-19-28(20-15-25)27-17-12-24(13-18-27)9-7-4-8-22-31-30(33)35-23-26-10-5-3-6-11-26/h3,5-6,10-15,17-20H,2,4,8,16,21-23H2,1H3,(H,31,33). The van der Waals surface area contributed by atoms with E-state index in [1.54, 1.807) is 0 Å². The highest BCUT2D eigenvalue weighted by atomic mass is 16.5. The van der Waals surface area contributed by atoms with Gasteiger partial charge in [-0.15, -0.1) is 0 Å². The molecule has 5 heteroatoms. The molecule has 0 fully saturated rings.